The monoisotopic (exact) mass is 237 g/mol. The second-order valence-electron chi connectivity index (χ2n) is 4.52. The molecule has 0 aliphatic rings. The molecular weight excluding hydrogens is 214 g/mol. The van der Waals surface area contributed by atoms with Crippen molar-refractivity contribution in [1.29, 1.82) is 0 Å². The van der Waals surface area contributed by atoms with E-state index in [1.807, 2.05) is 11.8 Å². The Morgan fingerprint density at radius 2 is 1.81 bits per heavy atom. The van der Waals surface area contributed by atoms with Gasteiger partial charge in [-0.25, -0.2) is 0 Å². The van der Waals surface area contributed by atoms with Crippen LogP contribution in [0.2, 0.25) is 0 Å². The van der Waals surface area contributed by atoms with Crippen LogP contribution in [0.15, 0.2) is 24.3 Å². The topological polar surface area (TPSA) is 26.0 Å². The van der Waals surface area contributed by atoms with Crippen molar-refractivity contribution >= 4 is 11.8 Å². The maximum atomic E-state index is 6.07. The second kappa shape index (κ2) is 6.97. The number of thioether (sulfide) groups is 1. The maximum Gasteiger partial charge on any atom is 0.0171 e. The third-order valence-electron chi connectivity index (χ3n) is 2.68. The molecular formula is C14H23NS. The number of benzene rings is 1. The van der Waals surface area contributed by atoms with E-state index in [-0.39, 0.29) is 6.04 Å². The molecule has 1 unspecified atom stereocenters. The van der Waals surface area contributed by atoms with Crippen LogP contribution in [-0.4, -0.2) is 17.5 Å². The van der Waals surface area contributed by atoms with Crippen molar-refractivity contribution in [1.82, 2.24) is 0 Å². The van der Waals surface area contributed by atoms with E-state index in [2.05, 4.69) is 45.0 Å². The lowest BCUT2D eigenvalue weighted by Crippen LogP contribution is -2.25. The Hall–Kier alpha value is -0.470. The van der Waals surface area contributed by atoms with Crippen LogP contribution in [0.3, 0.4) is 0 Å². The highest BCUT2D eigenvalue weighted by molar-refractivity contribution is 7.99. The Labute approximate surface area is 104 Å². The van der Waals surface area contributed by atoms with Gasteiger partial charge in [0.25, 0.3) is 0 Å². The first-order chi connectivity index (χ1) is 7.63. The van der Waals surface area contributed by atoms with E-state index in [0.29, 0.717) is 5.92 Å². The first-order valence-corrected chi connectivity index (χ1v) is 7.21. The van der Waals surface area contributed by atoms with Gasteiger partial charge in [0.2, 0.25) is 0 Å². The van der Waals surface area contributed by atoms with Crippen LogP contribution in [0.1, 0.15) is 37.8 Å². The molecule has 0 spiro atoms. The Kier molecular flexibility index (Phi) is 5.93. The highest BCUT2D eigenvalue weighted by Crippen LogP contribution is 2.15. The summed E-state index contributed by atoms with van der Waals surface area (Å²) in [6, 6.07) is 9.16. The third kappa shape index (κ3) is 4.58. The summed E-state index contributed by atoms with van der Waals surface area (Å²) in [7, 11) is 0. The van der Waals surface area contributed by atoms with Crippen LogP contribution in [0.4, 0.5) is 0 Å². The van der Waals surface area contributed by atoms with Gasteiger partial charge in [0, 0.05) is 11.8 Å². The van der Waals surface area contributed by atoms with Gasteiger partial charge in [-0.3, -0.25) is 0 Å². The van der Waals surface area contributed by atoms with Crippen LogP contribution in [-0.2, 0) is 6.42 Å². The molecule has 0 heterocycles. The number of hydrogen-bond acceptors (Lipinski definition) is 2. The lowest BCUT2D eigenvalue weighted by molar-refractivity contribution is 0.747. The molecule has 1 rings (SSSR count). The van der Waals surface area contributed by atoms with E-state index >= 15 is 0 Å². The number of nitrogens with two attached hydrogens (primary N) is 1. The predicted molar refractivity (Wildman–Crippen MR) is 75.2 cm³/mol. The third-order valence-corrected chi connectivity index (χ3v) is 3.75. The van der Waals surface area contributed by atoms with Crippen LogP contribution < -0.4 is 5.73 Å². The average molecular weight is 237 g/mol. The van der Waals surface area contributed by atoms with E-state index < -0.39 is 0 Å². The van der Waals surface area contributed by atoms with Crippen LogP contribution in [0.5, 0.6) is 0 Å². The molecule has 1 nitrogen and oxygen atoms in total. The van der Waals surface area contributed by atoms with Gasteiger partial charge in [0.05, 0.1) is 0 Å². The Morgan fingerprint density at radius 1 is 1.19 bits per heavy atom. The van der Waals surface area contributed by atoms with Gasteiger partial charge in [0.15, 0.2) is 0 Å². The first-order valence-electron chi connectivity index (χ1n) is 6.05. The molecule has 1 atom stereocenters. The summed E-state index contributed by atoms with van der Waals surface area (Å²) in [6.07, 6.45) is 0.991. The summed E-state index contributed by atoms with van der Waals surface area (Å²) in [5.41, 5.74) is 8.83. The molecule has 1 aromatic carbocycles. The van der Waals surface area contributed by atoms with Gasteiger partial charge in [-0.2, -0.15) is 11.8 Å². The van der Waals surface area contributed by atoms with Gasteiger partial charge in [-0.1, -0.05) is 45.0 Å². The van der Waals surface area contributed by atoms with E-state index in [0.717, 1.165) is 17.9 Å². The standard InChI is InChI=1S/C14H23NS/c1-4-16-10-14(15)9-12-5-7-13(8-6-12)11(2)3/h5-8,11,14H,4,9-10,15H2,1-3H3. The van der Waals surface area contributed by atoms with E-state index in [1.165, 1.54) is 11.1 Å². The molecule has 0 aromatic heterocycles. The average Bonchev–Trinajstić information content (AvgIpc) is 2.27. The van der Waals surface area contributed by atoms with Crippen molar-refractivity contribution in [2.75, 3.05) is 11.5 Å². The number of hydrogen-bond donors (Lipinski definition) is 1. The zero-order chi connectivity index (χ0) is 12.0. The molecule has 2 N–H and O–H groups in total. The quantitative estimate of drug-likeness (QED) is 0.820. The zero-order valence-corrected chi connectivity index (χ0v) is 11.4. The van der Waals surface area contributed by atoms with E-state index in [1.54, 1.807) is 0 Å². The lowest BCUT2D eigenvalue weighted by Gasteiger charge is -2.12. The van der Waals surface area contributed by atoms with E-state index in [9.17, 15) is 0 Å². The molecule has 0 amide bonds. The van der Waals surface area contributed by atoms with Gasteiger partial charge in [-0.15, -0.1) is 0 Å². The molecule has 90 valence electrons. The molecule has 16 heavy (non-hydrogen) atoms. The minimum absolute atomic E-state index is 0.287. The summed E-state index contributed by atoms with van der Waals surface area (Å²) < 4.78 is 0. The lowest BCUT2D eigenvalue weighted by atomic mass is 10.00. The molecule has 0 saturated carbocycles. The maximum absolute atomic E-state index is 6.07. The fourth-order valence-electron chi connectivity index (χ4n) is 1.67. The Balaban J connectivity index is 2.48. The Morgan fingerprint density at radius 3 is 2.31 bits per heavy atom. The fraction of sp³-hybridized carbons (Fsp3) is 0.571. The zero-order valence-electron chi connectivity index (χ0n) is 10.6. The van der Waals surface area contributed by atoms with Crippen LogP contribution >= 0.6 is 11.8 Å². The van der Waals surface area contributed by atoms with Crippen molar-refractivity contribution in [2.45, 2.75) is 39.2 Å². The minimum Gasteiger partial charge on any atom is -0.327 e. The Bertz CT molecular complexity index is 292. The van der Waals surface area contributed by atoms with Gasteiger partial charge >= 0.3 is 0 Å². The molecule has 0 aliphatic heterocycles. The highest BCUT2D eigenvalue weighted by atomic mass is 32.2. The first kappa shape index (κ1) is 13.6. The van der Waals surface area contributed by atoms with Crippen LogP contribution in [0, 0.1) is 0 Å². The summed E-state index contributed by atoms with van der Waals surface area (Å²) in [5, 5.41) is 0. The molecule has 1 aromatic rings. The van der Waals surface area contributed by atoms with Crippen LogP contribution in [0.25, 0.3) is 0 Å². The minimum atomic E-state index is 0.287. The van der Waals surface area contributed by atoms with Gasteiger partial charge in [-0.05, 0) is 29.2 Å². The van der Waals surface area contributed by atoms with Crippen molar-refractivity contribution < 1.29 is 0 Å². The molecule has 0 saturated heterocycles. The van der Waals surface area contributed by atoms with E-state index in [4.69, 9.17) is 5.73 Å². The summed E-state index contributed by atoms with van der Waals surface area (Å²) in [4.78, 5) is 0. The molecule has 0 fully saturated rings. The SMILES string of the molecule is CCSCC(N)Cc1ccc(C(C)C)cc1. The summed E-state index contributed by atoms with van der Waals surface area (Å²) >= 11 is 1.92. The molecule has 0 aliphatic carbocycles. The van der Waals surface area contributed by atoms with Crippen molar-refractivity contribution in [3.63, 3.8) is 0 Å². The fourth-order valence-corrected chi connectivity index (χ4v) is 2.33. The smallest absolute Gasteiger partial charge is 0.0171 e. The second-order valence-corrected chi connectivity index (χ2v) is 5.84. The highest BCUT2D eigenvalue weighted by Gasteiger charge is 2.04. The van der Waals surface area contributed by atoms with Crippen molar-refractivity contribution in [3.05, 3.63) is 35.4 Å². The van der Waals surface area contributed by atoms with Crippen molar-refractivity contribution in [3.8, 4) is 0 Å². The normalized spacial score (nSPS) is 13.1. The van der Waals surface area contributed by atoms with Crippen molar-refractivity contribution in [2.24, 2.45) is 5.73 Å². The summed E-state index contributed by atoms with van der Waals surface area (Å²) in [5.74, 6) is 2.82. The van der Waals surface area contributed by atoms with Gasteiger partial charge < -0.3 is 5.73 Å². The van der Waals surface area contributed by atoms with Gasteiger partial charge in [0.1, 0.15) is 0 Å². The number of rotatable bonds is 6. The largest absolute Gasteiger partial charge is 0.327 e. The predicted octanol–water partition coefficient (Wildman–Crippen LogP) is 3.43. The summed E-state index contributed by atoms with van der Waals surface area (Å²) in [6.45, 7) is 6.62. The molecule has 0 radical (unpaired) electrons. The molecule has 0 bridgehead atoms. The molecule has 2 heteroatoms.